The highest BCUT2D eigenvalue weighted by atomic mass is 79.9. The van der Waals surface area contributed by atoms with Crippen LogP contribution in [0.5, 0.6) is 0 Å². The molecule has 24 heavy (non-hydrogen) atoms. The van der Waals surface area contributed by atoms with Gasteiger partial charge in [0.1, 0.15) is 5.52 Å². The number of rotatable bonds is 4. The monoisotopic (exact) mass is 412 g/mol. The van der Waals surface area contributed by atoms with Gasteiger partial charge in [0.15, 0.2) is 11.6 Å². The lowest BCUT2D eigenvalue weighted by atomic mass is 10.1. The third-order valence-electron chi connectivity index (χ3n) is 3.56. The predicted octanol–water partition coefficient (Wildman–Crippen LogP) is 5.52. The van der Waals surface area contributed by atoms with Crippen molar-refractivity contribution in [2.45, 2.75) is 19.2 Å². The Morgan fingerprint density at radius 3 is 2.79 bits per heavy atom. The molecule has 0 aliphatic heterocycles. The molecule has 3 aromatic rings. The maximum Gasteiger partial charge on any atom is 0.297 e. The molecule has 124 valence electrons. The molecule has 3 rings (SSSR count). The number of fused-ring (bicyclic) bond motifs is 1. The maximum absolute atomic E-state index is 13.1. The molecule has 4 nitrogen and oxygen atoms in total. The van der Waals surface area contributed by atoms with Crippen LogP contribution in [0.1, 0.15) is 23.4 Å². The van der Waals surface area contributed by atoms with Gasteiger partial charge in [-0.3, -0.25) is 0 Å². The van der Waals surface area contributed by atoms with E-state index in [-0.39, 0.29) is 5.82 Å². The molecular weight excluding hydrogens is 402 g/mol. The van der Waals surface area contributed by atoms with Gasteiger partial charge in [-0.15, -0.1) is 11.6 Å². The third-order valence-corrected chi connectivity index (χ3v) is 4.28. The summed E-state index contributed by atoms with van der Waals surface area (Å²) < 4.78 is 26.9. The first-order valence-electron chi connectivity index (χ1n) is 7.02. The third kappa shape index (κ3) is 3.32. The van der Waals surface area contributed by atoms with Crippen LogP contribution in [0.4, 0.5) is 20.3 Å². The van der Waals surface area contributed by atoms with E-state index in [2.05, 4.69) is 36.2 Å². The average Bonchev–Trinajstić information content (AvgIpc) is 2.56. The Kier molecular flexibility index (Phi) is 4.91. The van der Waals surface area contributed by atoms with Crippen LogP contribution in [0.3, 0.4) is 0 Å². The van der Waals surface area contributed by atoms with Crippen molar-refractivity contribution in [1.82, 2.24) is 15.0 Å². The number of hydrogen-bond acceptors (Lipinski definition) is 4. The molecule has 0 saturated heterocycles. The largest absolute Gasteiger partial charge is 0.338 e. The summed E-state index contributed by atoms with van der Waals surface area (Å²) in [4.78, 5) is 12.1. The standard InChI is InChI=1S/C16H12BrClF2N4/c1-8-9(6-18)3-2-4-11(8)22-15-13-12(5-10(17)7-21-13)23-16(24-15)14(19)20/h2-5,7,14H,6H2,1H3,(H,22,23,24). The molecule has 0 unspecified atom stereocenters. The highest BCUT2D eigenvalue weighted by Crippen LogP contribution is 2.29. The van der Waals surface area contributed by atoms with Gasteiger partial charge in [-0.1, -0.05) is 12.1 Å². The molecule has 0 amide bonds. The first-order chi connectivity index (χ1) is 11.5. The smallest absolute Gasteiger partial charge is 0.297 e. The lowest BCUT2D eigenvalue weighted by Gasteiger charge is -2.13. The van der Waals surface area contributed by atoms with Crippen molar-refractivity contribution in [3.63, 3.8) is 0 Å². The molecule has 0 fully saturated rings. The molecule has 0 aliphatic carbocycles. The van der Waals surface area contributed by atoms with Gasteiger partial charge in [-0.25, -0.2) is 23.7 Å². The number of hydrogen-bond donors (Lipinski definition) is 1. The van der Waals surface area contributed by atoms with Gasteiger partial charge in [0, 0.05) is 22.2 Å². The van der Waals surface area contributed by atoms with Gasteiger partial charge in [0.05, 0.1) is 5.52 Å². The number of anilines is 2. The quantitative estimate of drug-likeness (QED) is 0.573. The summed E-state index contributed by atoms with van der Waals surface area (Å²) in [6.07, 6.45) is -1.20. The number of aromatic nitrogens is 3. The Bertz CT molecular complexity index is 905. The normalized spacial score (nSPS) is 11.2. The SMILES string of the molecule is Cc1c(CCl)cccc1Nc1nc(C(F)F)nc2cc(Br)cnc12. The van der Waals surface area contributed by atoms with Gasteiger partial charge in [-0.2, -0.15) is 0 Å². The van der Waals surface area contributed by atoms with Gasteiger partial charge >= 0.3 is 0 Å². The topological polar surface area (TPSA) is 50.7 Å². The number of nitrogens with zero attached hydrogens (tertiary/aromatic N) is 3. The second-order valence-corrected chi connectivity index (χ2v) is 6.28. The van der Waals surface area contributed by atoms with Gasteiger partial charge < -0.3 is 5.32 Å². The molecule has 0 spiro atoms. The molecule has 0 radical (unpaired) electrons. The molecule has 0 aliphatic rings. The van der Waals surface area contributed by atoms with Crippen LogP contribution in [0.15, 0.2) is 34.9 Å². The van der Waals surface area contributed by atoms with E-state index in [0.717, 1.165) is 16.8 Å². The predicted molar refractivity (Wildman–Crippen MR) is 94.0 cm³/mol. The van der Waals surface area contributed by atoms with Crippen molar-refractivity contribution in [2.24, 2.45) is 0 Å². The van der Waals surface area contributed by atoms with Crippen LogP contribution in [-0.2, 0) is 5.88 Å². The lowest BCUT2D eigenvalue weighted by molar-refractivity contribution is 0.141. The van der Waals surface area contributed by atoms with Crippen LogP contribution in [0.2, 0.25) is 0 Å². The van der Waals surface area contributed by atoms with Gasteiger partial charge in [-0.05, 0) is 46.1 Å². The second kappa shape index (κ2) is 6.94. The number of nitrogens with one attached hydrogen (secondary N) is 1. The Hall–Kier alpha value is -1.86. The van der Waals surface area contributed by atoms with Crippen molar-refractivity contribution >= 4 is 50.1 Å². The molecule has 2 aromatic heterocycles. The van der Waals surface area contributed by atoms with E-state index in [4.69, 9.17) is 11.6 Å². The first-order valence-corrected chi connectivity index (χ1v) is 8.35. The summed E-state index contributed by atoms with van der Waals surface area (Å²) in [7, 11) is 0. The van der Waals surface area contributed by atoms with Crippen LogP contribution < -0.4 is 5.32 Å². The van der Waals surface area contributed by atoms with E-state index in [1.54, 1.807) is 12.3 Å². The Morgan fingerprint density at radius 2 is 2.08 bits per heavy atom. The highest BCUT2D eigenvalue weighted by Gasteiger charge is 2.17. The van der Waals surface area contributed by atoms with Crippen LogP contribution in [-0.4, -0.2) is 15.0 Å². The maximum atomic E-state index is 13.1. The molecule has 1 N–H and O–H groups in total. The summed E-state index contributed by atoms with van der Waals surface area (Å²) >= 11 is 9.19. The fraction of sp³-hybridized carbons (Fsp3) is 0.188. The summed E-state index contributed by atoms with van der Waals surface area (Å²) in [6, 6.07) is 7.21. The van der Waals surface area contributed by atoms with E-state index in [1.807, 2.05) is 25.1 Å². The Labute approximate surface area is 150 Å². The summed E-state index contributed by atoms with van der Waals surface area (Å²) in [6.45, 7) is 1.90. The van der Waals surface area contributed by atoms with E-state index >= 15 is 0 Å². The molecule has 8 heteroatoms. The summed E-state index contributed by atoms with van der Waals surface area (Å²) in [5, 5.41) is 3.08. The minimum absolute atomic E-state index is 0.234. The number of halogens is 4. The zero-order chi connectivity index (χ0) is 17.3. The molecule has 0 atom stereocenters. The fourth-order valence-corrected chi connectivity index (χ4v) is 2.90. The number of alkyl halides is 3. The van der Waals surface area contributed by atoms with Crippen LogP contribution in [0.25, 0.3) is 11.0 Å². The van der Waals surface area contributed by atoms with Crippen molar-refractivity contribution in [2.75, 3.05) is 5.32 Å². The van der Waals surface area contributed by atoms with Crippen molar-refractivity contribution in [3.05, 3.63) is 51.9 Å². The zero-order valence-corrected chi connectivity index (χ0v) is 14.9. The lowest BCUT2D eigenvalue weighted by Crippen LogP contribution is -2.04. The minimum atomic E-state index is -2.77. The van der Waals surface area contributed by atoms with E-state index < -0.39 is 12.2 Å². The minimum Gasteiger partial charge on any atom is -0.338 e. The Morgan fingerprint density at radius 1 is 1.29 bits per heavy atom. The van der Waals surface area contributed by atoms with Crippen LogP contribution >= 0.6 is 27.5 Å². The Balaban J connectivity index is 2.15. The molecule has 2 heterocycles. The summed E-state index contributed by atoms with van der Waals surface area (Å²) in [5.74, 6) is 0.0491. The fourth-order valence-electron chi connectivity index (χ4n) is 2.29. The highest BCUT2D eigenvalue weighted by molar-refractivity contribution is 9.10. The molecule has 0 saturated carbocycles. The second-order valence-electron chi connectivity index (χ2n) is 5.10. The number of pyridine rings is 1. The van der Waals surface area contributed by atoms with Crippen LogP contribution in [0, 0.1) is 6.92 Å². The van der Waals surface area contributed by atoms with E-state index in [1.165, 1.54) is 0 Å². The van der Waals surface area contributed by atoms with E-state index in [9.17, 15) is 8.78 Å². The molecular formula is C16H12BrClF2N4. The summed E-state index contributed by atoms with van der Waals surface area (Å²) in [5.41, 5.74) is 3.36. The van der Waals surface area contributed by atoms with Gasteiger partial charge in [0.25, 0.3) is 6.43 Å². The van der Waals surface area contributed by atoms with E-state index in [0.29, 0.717) is 21.4 Å². The number of benzene rings is 1. The van der Waals surface area contributed by atoms with Crippen molar-refractivity contribution in [3.8, 4) is 0 Å². The molecule has 1 aromatic carbocycles. The average molecular weight is 414 g/mol. The van der Waals surface area contributed by atoms with Gasteiger partial charge in [0.2, 0.25) is 0 Å². The van der Waals surface area contributed by atoms with Crippen molar-refractivity contribution < 1.29 is 8.78 Å². The first kappa shape index (κ1) is 17.0. The van der Waals surface area contributed by atoms with Crippen molar-refractivity contribution in [1.29, 1.82) is 0 Å². The molecule has 0 bridgehead atoms. The zero-order valence-electron chi connectivity index (χ0n) is 12.5.